The second-order valence-corrected chi connectivity index (χ2v) is 9.60. The standard InChI is InChI=1S/C27H32N8O/c1-2-3-15-35-25(29-27(32-35)24(36)16-19-7-5-4-6-8-19)17-20-9-11-21(12-10-20)22-13-14-28-18-23(22)26-30-33-34-31-26/h9-14,18-19H,2-8,15-17H2,1H3,(H,30,31,33,34). The predicted molar refractivity (Wildman–Crippen MR) is 136 cm³/mol. The average Bonchev–Trinajstić information content (AvgIpc) is 3.59. The van der Waals surface area contributed by atoms with E-state index in [4.69, 9.17) is 4.98 Å². The molecule has 1 aromatic carbocycles. The number of hydrogen-bond donors (Lipinski definition) is 1. The van der Waals surface area contributed by atoms with Gasteiger partial charge in [-0.2, -0.15) is 0 Å². The molecule has 4 aromatic rings. The van der Waals surface area contributed by atoms with Gasteiger partial charge in [0.05, 0.1) is 0 Å². The molecule has 186 valence electrons. The molecule has 9 heteroatoms. The summed E-state index contributed by atoms with van der Waals surface area (Å²) in [6.45, 7) is 2.94. The molecule has 3 aromatic heterocycles. The number of H-pyrrole nitrogens is 1. The van der Waals surface area contributed by atoms with Gasteiger partial charge in [0.2, 0.25) is 11.6 Å². The van der Waals surface area contributed by atoms with Crippen molar-refractivity contribution in [2.24, 2.45) is 5.92 Å². The molecule has 1 N–H and O–H groups in total. The number of carbonyl (C=O) groups is 1. The Bertz CT molecular complexity index is 1270. The Labute approximate surface area is 210 Å². The van der Waals surface area contributed by atoms with Gasteiger partial charge in [-0.15, -0.1) is 10.2 Å². The van der Waals surface area contributed by atoms with Crippen molar-refractivity contribution < 1.29 is 4.79 Å². The molecule has 0 atom stereocenters. The lowest BCUT2D eigenvalue weighted by Gasteiger charge is -2.19. The van der Waals surface area contributed by atoms with Crippen LogP contribution in [0.25, 0.3) is 22.5 Å². The Morgan fingerprint density at radius 2 is 1.92 bits per heavy atom. The highest BCUT2D eigenvalue weighted by atomic mass is 16.1. The summed E-state index contributed by atoms with van der Waals surface area (Å²) in [5.41, 5.74) is 4.00. The van der Waals surface area contributed by atoms with Gasteiger partial charge >= 0.3 is 0 Å². The highest BCUT2D eigenvalue weighted by Crippen LogP contribution is 2.30. The van der Waals surface area contributed by atoms with Crippen LogP contribution >= 0.6 is 0 Å². The number of ketones is 1. The van der Waals surface area contributed by atoms with E-state index in [-0.39, 0.29) is 5.78 Å². The molecule has 1 aliphatic carbocycles. The molecule has 5 rings (SSSR count). The third kappa shape index (κ3) is 5.56. The monoisotopic (exact) mass is 484 g/mol. The number of hydrogen-bond acceptors (Lipinski definition) is 7. The lowest BCUT2D eigenvalue weighted by Crippen LogP contribution is -2.13. The molecule has 36 heavy (non-hydrogen) atoms. The zero-order chi connectivity index (χ0) is 24.7. The highest BCUT2D eigenvalue weighted by molar-refractivity contribution is 5.92. The van der Waals surface area contributed by atoms with Gasteiger partial charge in [0.1, 0.15) is 5.82 Å². The summed E-state index contributed by atoms with van der Waals surface area (Å²) < 4.78 is 1.93. The van der Waals surface area contributed by atoms with Crippen LogP contribution in [0.1, 0.15) is 80.3 Å². The largest absolute Gasteiger partial charge is 0.291 e. The third-order valence-electron chi connectivity index (χ3n) is 6.97. The number of aryl methyl sites for hydroxylation is 1. The fourth-order valence-electron chi connectivity index (χ4n) is 4.95. The number of nitrogens with zero attached hydrogens (tertiary/aromatic N) is 7. The summed E-state index contributed by atoms with van der Waals surface area (Å²) in [4.78, 5) is 21.9. The summed E-state index contributed by atoms with van der Waals surface area (Å²) >= 11 is 0. The minimum Gasteiger partial charge on any atom is -0.291 e. The van der Waals surface area contributed by atoms with Gasteiger partial charge in [0.15, 0.2) is 5.82 Å². The second kappa shape index (κ2) is 11.3. The van der Waals surface area contributed by atoms with Crippen LogP contribution in [0.4, 0.5) is 0 Å². The normalized spacial score (nSPS) is 14.2. The molecule has 0 radical (unpaired) electrons. The van der Waals surface area contributed by atoms with E-state index in [2.05, 4.69) is 61.9 Å². The third-order valence-corrected chi connectivity index (χ3v) is 6.97. The zero-order valence-corrected chi connectivity index (χ0v) is 20.7. The Kier molecular flexibility index (Phi) is 7.54. The van der Waals surface area contributed by atoms with Crippen molar-refractivity contribution in [3.05, 3.63) is 59.9 Å². The fraction of sp³-hybridized carbons (Fsp3) is 0.444. The first-order chi connectivity index (χ1) is 17.7. The van der Waals surface area contributed by atoms with Crippen molar-refractivity contribution in [2.45, 2.75) is 71.3 Å². The molecular formula is C27H32N8O. The van der Waals surface area contributed by atoms with Crippen LogP contribution in [0.3, 0.4) is 0 Å². The summed E-state index contributed by atoms with van der Waals surface area (Å²) in [5.74, 6) is 2.37. The molecule has 0 spiro atoms. The average molecular weight is 485 g/mol. The van der Waals surface area contributed by atoms with E-state index >= 15 is 0 Å². The predicted octanol–water partition coefficient (Wildman–Crippen LogP) is 5.06. The zero-order valence-electron chi connectivity index (χ0n) is 20.7. The van der Waals surface area contributed by atoms with E-state index in [0.717, 1.165) is 60.3 Å². The molecule has 0 unspecified atom stereocenters. The van der Waals surface area contributed by atoms with Gasteiger partial charge < -0.3 is 0 Å². The van der Waals surface area contributed by atoms with Gasteiger partial charge in [-0.1, -0.05) is 69.7 Å². The first-order valence-electron chi connectivity index (χ1n) is 13.0. The second-order valence-electron chi connectivity index (χ2n) is 9.60. The van der Waals surface area contributed by atoms with Gasteiger partial charge in [-0.25, -0.2) is 14.8 Å². The first-order valence-corrected chi connectivity index (χ1v) is 13.0. The fourth-order valence-corrected chi connectivity index (χ4v) is 4.95. The number of rotatable bonds is 10. The maximum absolute atomic E-state index is 13.0. The molecule has 0 bridgehead atoms. The number of benzene rings is 1. The smallest absolute Gasteiger partial charge is 0.217 e. The van der Waals surface area contributed by atoms with Crippen LogP contribution < -0.4 is 0 Å². The SMILES string of the molecule is CCCCn1nc(C(=O)CC2CCCCC2)nc1Cc1ccc(-c2ccncc2-c2nnn[nH]2)cc1. The van der Waals surface area contributed by atoms with E-state index in [1.54, 1.807) is 12.4 Å². The van der Waals surface area contributed by atoms with Gasteiger partial charge in [0.25, 0.3) is 0 Å². The number of aromatic nitrogens is 8. The number of unbranched alkanes of at least 4 members (excludes halogenated alkanes) is 1. The van der Waals surface area contributed by atoms with Gasteiger partial charge in [-0.05, 0) is 45.5 Å². The molecule has 9 nitrogen and oxygen atoms in total. The first kappa shape index (κ1) is 24.0. The van der Waals surface area contributed by atoms with E-state index in [9.17, 15) is 4.79 Å². The maximum Gasteiger partial charge on any atom is 0.217 e. The van der Waals surface area contributed by atoms with Gasteiger partial charge in [0, 0.05) is 37.3 Å². The van der Waals surface area contributed by atoms with E-state index in [1.807, 2.05) is 10.7 Å². The van der Waals surface area contributed by atoms with Crippen LogP contribution in [0.15, 0.2) is 42.7 Å². The topological polar surface area (TPSA) is 115 Å². The summed E-state index contributed by atoms with van der Waals surface area (Å²) in [6.07, 6.45) is 12.8. The van der Waals surface area contributed by atoms with E-state index in [1.165, 1.54) is 19.3 Å². The number of pyridine rings is 1. The summed E-state index contributed by atoms with van der Waals surface area (Å²) in [6, 6.07) is 10.3. The maximum atomic E-state index is 13.0. The lowest BCUT2D eigenvalue weighted by atomic mass is 9.86. The molecule has 1 fully saturated rings. The number of tetrazole rings is 1. The van der Waals surface area contributed by atoms with Gasteiger partial charge in [-0.3, -0.25) is 9.78 Å². The quantitative estimate of drug-likeness (QED) is 0.313. The van der Waals surface area contributed by atoms with Crippen LogP contribution in [-0.2, 0) is 13.0 Å². The van der Waals surface area contributed by atoms with Crippen molar-refractivity contribution in [3.8, 4) is 22.5 Å². The number of carbonyl (C=O) groups excluding carboxylic acids is 1. The van der Waals surface area contributed by atoms with E-state index < -0.39 is 0 Å². The number of aromatic amines is 1. The van der Waals surface area contributed by atoms with Crippen molar-refractivity contribution in [3.63, 3.8) is 0 Å². The van der Waals surface area contributed by atoms with Crippen molar-refractivity contribution in [1.29, 1.82) is 0 Å². The molecule has 3 heterocycles. The Balaban J connectivity index is 1.34. The number of Topliss-reactive ketones (excluding diaryl/α,β-unsaturated/α-hetero) is 1. The summed E-state index contributed by atoms with van der Waals surface area (Å²) in [7, 11) is 0. The molecule has 0 amide bonds. The lowest BCUT2D eigenvalue weighted by molar-refractivity contribution is 0.0939. The van der Waals surface area contributed by atoms with Crippen LogP contribution in [0.5, 0.6) is 0 Å². The molecule has 1 aliphatic rings. The van der Waals surface area contributed by atoms with Crippen molar-refractivity contribution >= 4 is 5.78 Å². The molecular weight excluding hydrogens is 452 g/mol. The molecule has 0 aliphatic heterocycles. The van der Waals surface area contributed by atoms with Crippen LogP contribution in [0, 0.1) is 5.92 Å². The Morgan fingerprint density at radius 3 is 2.67 bits per heavy atom. The summed E-state index contributed by atoms with van der Waals surface area (Å²) in [5, 5.41) is 18.8. The number of nitrogens with one attached hydrogen (secondary N) is 1. The van der Waals surface area contributed by atoms with E-state index in [0.29, 0.717) is 30.4 Å². The minimum absolute atomic E-state index is 0.0841. The van der Waals surface area contributed by atoms with Crippen molar-refractivity contribution in [2.75, 3.05) is 0 Å². The minimum atomic E-state index is 0.0841. The molecule has 1 saturated carbocycles. The molecule has 0 saturated heterocycles. The van der Waals surface area contributed by atoms with Crippen LogP contribution in [-0.4, -0.2) is 46.2 Å². The Morgan fingerprint density at radius 1 is 1.08 bits per heavy atom. The van der Waals surface area contributed by atoms with Crippen molar-refractivity contribution in [1.82, 2.24) is 40.4 Å². The van der Waals surface area contributed by atoms with Crippen LogP contribution in [0.2, 0.25) is 0 Å². The Hall–Kier alpha value is -3.75. The highest BCUT2D eigenvalue weighted by Gasteiger charge is 2.22.